The summed E-state index contributed by atoms with van der Waals surface area (Å²) in [6, 6.07) is 9.43. The molecule has 0 radical (unpaired) electrons. The van der Waals surface area contributed by atoms with E-state index in [0.717, 1.165) is 38.5 Å². The molecular weight excluding hydrogens is 300 g/mol. The molecule has 2 saturated heterocycles. The largest absolute Gasteiger partial charge is 0.381 e. The summed E-state index contributed by atoms with van der Waals surface area (Å²) in [6.45, 7) is 5.34. The van der Waals surface area contributed by atoms with Crippen molar-refractivity contribution in [1.82, 2.24) is 10.2 Å². The van der Waals surface area contributed by atoms with E-state index >= 15 is 0 Å². The molecule has 1 N–H and O–H groups in total. The van der Waals surface area contributed by atoms with Crippen LogP contribution in [-0.2, 0) is 10.2 Å². The number of hydrogen-bond acceptors (Lipinski definition) is 2. The maximum Gasteiger partial charge on any atom is 0.317 e. The molecule has 2 heterocycles. The molecule has 24 heavy (non-hydrogen) atoms. The summed E-state index contributed by atoms with van der Waals surface area (Å²) in [5, 5.41) is 3.26. The number of ether oxygens (including phenoxy) is 1. The highest BCUT2D eigenvalue weighted by Crippen LogP contribution is 2.38. The normalized spacial score (nSPS) is 28.1. The number of aryl methyl sites for hydroxylation is 1. The molecule has 3 fully saturated rings. The third-order valence-corrected chi connectivity index (χ3v) is 6.36. The zero-order valence-electron chi connectivity index (χ0n) is 14.6. The Morgan fingerprint density at radius 1 is 1.25 bits per heavy atom. The van der Waals surface area contributed by atoms with Gasteiger partial charge in [-0.15, -0.1) is 0 Å². The highest BCUT2D eigenvalue weighted by molar-refractivity contribution is 5.75. The lowest BCUT2D eigenvalue weighted by molar-refractivity contribution is 0.0499. The van der Waals surface area contributed by atoms with Gasteiger partial charge < -0.3 is 15.0 Å². The van der Waals surface area contributed by atoms with Crippen molar-refractivity contribution >= 4 is 6.03 Å². The number of carbonyl (C=O) groups is 1. The summed E-state index contributed by atoms with van der Waals surface area (Å²) in [6.07, 6.45) is 5.66. The second kappa shape index (κ2) is 6.40. The minimum Gasteiger partial charge on any atom is -0.381 e. The Labute approximate surface area is 144 Å². The molecule has 130 valence electrons. The Hall–Kier alpha value is -1.55. The van der Waals surface area contributed by atoms with E-state index in [-0.39, 0.29) is 11.4 Å². The molecule has 4 nitrogen and oxygen atoms in total. The van der Waals surface area contributed by atoms with Crippen molar-refractivity contribution < 1.29 is 9.53 Å². The molecule has 4 rings (SSSR count). The lowest BCUT2D eigenvalue weighted by Crippen LogP contribution is -2.50. The molecule has 1 aromatic rings. The van der Waals surface area contributed by atoms with Crippen molar-refractivity contribution in [2.75, 3.05) is 26.3 Å². The van der Waals surface area contributed by atoms with Crippen molar-refractivity contribution in [3.05, 3.63) is 35.4 Å². The van der Waals surface area contributed by atoms with Crippen LogP contribution in [0.3, 0.4) is 0 Å². The zero-order chi connectivity index (χ0) is 16.6. The van der Waals surface area contributed by atoms with Gasteiger partial charge >= 0.3 is 6.03 Å². The quantitative estimate of drug-likeness (QED) is 0.925. The van der Waals surface area contributed by atoms with Crippen LogP contribution >= 0.6 is 0 Å². The summed E-state index contributed by atoms with van der Waals surface area (Å²) in [5.74, 6) is 0.745. The Balaban J connectivity index is 1.46. The predicted octanol–water partition coefficient (Wildman–Crippen LogP) is 3.24. The maximum atomic E-state index is 12.7. The Bertz CT molecular complexity index is 592. The second-order valence-electron chi connectivity index (χ2n) is 7.90. The minimum atomic E-state index is 0.0142. The standard InChI is InChI=1S/C20H28N2O2/c1-15-2-5-17(6-3-15)20(8-10-24-11-9-20)14-21-19(23)22-13-16-4-7-18(22)12-16/h2-3,5-6,16,18H,4,7-14H2,1H3,(H,21,23)/t16-,18-/m0/s1. The molecule has 4 heteroatoms. The third-order valence-electron chi connectivity index (χ3n) is 6.36. The Morgan fingerprint density at radius 2 is 2.00 bits per heavy atom. The molecule has 2 amide bonds. The van der Waals surface area contributed by atoms with Crippen LogP contribution in [-0.4, -0.2) is 43.3 Å². The molecule has 1 aliphatic carbocycles. The summed E-state index contributed by atoms with van der Waals surface area (Å²) in [4.78, 5) is 14.8. The number of nitrogens with one attached hydrogen (secondary N) is 1. The van der Waals surface area contributed by atoms with E-state index < -0.39 is 0 Å². The highest BCUT2D eigenvalue weighted by Gasteiger charge is 2.41. The average Bonchev–Trinajstić information content (AvgIpc) is 3.24. The Kier molecular flexibility index (Phi) is 4.25. The van der Waals surface area contributed by atoms with Crippen molar-refractivity contribution in [1.29, 1.82) is 0 Å². The van der Waals surface area contributed by atoms with E-state index in [0.29, 0.717) is 12.6 Å². The van der Waals surface area contributed by atoms with Crippen LogP contribution in [0.1, 0.15) is 43.2 Å². The second-order valence-corrected chi connectivity index (χ2v) is 7.90. The van der Waals surface area contributed by atoms with Crippen LogP contribution in [0.15, 0.2) is 24.3 Å². The predicted molar refractivity (Wildman–Crippen MR) is 94.1 cm³/mol. The number of amides is 2. The van der Waals surface area contributed by atoms with Crippen LogP contribution < -0.4 is 5.32 Å². The van der Waals surface area contributed by atoms with Crippen LogP contribution in [0, 0.1) is 12.8 Å². The summed E-state index contributed by atoms with van der Waals surface area (Å²) in [7, 11) is 0. The van der Waals surface area contributed by atoms with Crippen molar-refractivity contribution in [2.45, 2.75) is 50.5 Å². The monoisotopic (exact) mass is 328 g/mol. The first kappa shape index (κ1) is 15.9. The van der Waals surface area contributed by atoms with Crippen molar-refractivity contribution in [3.8, 4) is 0 Å². The van der Waals surface area contributed by atoms with E-state index in [1.165, 1.54) is 30.4 Å². The van der Waals surface area contributed by atoms with Gasteiger partial charge in [-0.2, -0.15) is 0 Å². The van der Waals surface area contributed by atoms with Crippen LogP contribution in [0.5, 0.6) is 0 Å². The number of piperidine rings is 1. The molecule has 2 bridgehead atoms. The number of hydrogen-bond donors (Lipinski definition) is 1. The molecular formula is C20H28N2O2. The topological polar surface area (TPSA) is 41.6 Å². The van der Waals surface area contributed by atoms with Crippen molar-refractivity contribution in [3.63, 3.8) is 0 Å². The van der Waals surface area contributed by atoms with E-state index in [1.807, 2.05) is 0 Å². The number of likely N-dealkylation sites (tertiary alicyclic amines) is 1. The molecule has 3 aliphatic rings. The van der Waals surface area contributed by atoms with Gasteiger partial charge in [-0.3, -0.25) is 0 Å². The summed E-state index contributed by atoms with van der Waals surface area (Å²) < 4.78 is 5.59. The minimum absolute atomic E-state index is 0.0142. The molecule has 1 aromatic carbocycles. The Morgan fingerprint density at radius 3 is 2.62 bits per heavy atom. The van der Waals surface area contributed by atoms with Crippen LogP contribution in [0.4, 0.5) is 4.79 Å². The lowest BCUT2D eigenvalue weighted by Gasteiger charge is -2.39. The van der Waals surface area contributed by atoms with Crippen LogP contribution in [0.2, 0.25) is 0 Å². The van der Waals surface area contributed by atoms with Gasteiger partial charge in [0.25, 0.3) is 0 Å². The maximum absolute atomic E-state index is 12.7. The first-order valence-corrected chi connectivity index (χ1v) is 9.36. The number of rotatable bonds is 3. The molecule has 0 aromatic heterocycles. The van der Waals surface area contributed by atoms with E-state index in [9.17, 15) is 4.79 Å². The molecule has 0 spiro atoms. The van der Waals surface area contributed by atoms with Gasteiger partial charge in [-0.25, -0.2) is 4.79 Å². The highest BCUT2D eigenvalue weighted by atomic mass is 16.5. The van der Waals surface area contributed by atoms with Gasteiger partial charge in [0.15, 0.2) is 0 Å². The fourth-order valence-electron chi connectivity index (χ4n) is 4.76. The molecule has 0 unspecified atom stereocenters. The van der Waals surface area contributed by atoms with Gasteiger partial charge in [-0.05, 0) is 50.5 Å². The van der Waals surface area contributed by atoms with Gasteiger partial charge in [0.2, 0.25) is 0 Å². The number of benzene rings is 1. The van der Waals surface area contributed by atoms with E-state index in [1.54, 1.807) is 0 Å². The van der Waals surface area contributed by atoms with Gasteiger partial charge in [-0.1, -0.05) is 29.8 Å². The third kappa shape index (κ3) is 2.92. The number of nitrogens with zero attached hydrogens (tertiary/aromatic N) is 1. The number of carbonyl (C=O) groups excluding carboxylic acids is 1. The van der Waals surface area contributed by atoms with E-state index in [2.05, 4.69) is 41.4 Å². The van der Waals surface area contributed by atoms with Gasteiger partial charge in [0.1, 0.15) is 0 Å². The van der Waals surface area contributed by atoms with Gasteiger partial charge in [0, 0.05) is 37.8 Å². The fourth-order valence-corrected chi connectivity index (χ4v) is 4.76. The SMILES string of the molecule is Cc1ccc(C2(CNC(=O)N3C[C@H]4CC[C@H]3C4)CCOCC2)cc1. The smallest absolute Gasteiger partial charge is 0.317 e. The number of fused-ring (bicyclic) bond motifs is 2. The van der Waals surface area contributed by atoms with E-state index in [4.69, 9.17) is 4.74 Å². The summed E-state index contributed by atoms with van der Waals surface area (Å²) in [5.41, 5.74) is 2.62. The zero-order valence-corrected chi connectivity index (χ0v) is 14.6. The van der Waals surface area contributed by atoms with Crippen molar-refractivity contribution in [2.24, 2.45) is 5.92 Å². The first-order valence-electron chi connectivity index (χ1n) is 9.36. The van der Waals surface area contributed by atoms with Gasteiger partial charge in [0.05, 0.1) is 0 Å². The molecule has 1 saturated carbocycles. The fraction of sp³-hybridized carbons (Fsp3) is 0.650. The molecule has 2 aliphatic heterocycles. The number of urea groups is 1. The summed E-state index contributed by atoms with van der Waals surface area (Å²) >= 11 is 0. The average molecular weight is 328 g/mol. The molecule has 2 atom stereocenters. The first-order chi connectivity index (χ1) is 11.7. The lowest BCUT2D eigenvalue weighted by atomic mass is 9.74. The van der Waals surface area contributed by atoms with Crippen LogP contribution in [0.25, 0.3) is 0 Å².